The highest BCUT2D eigenvalue weighted by atomic mass is 14.9. The van der Waals surface area contributed by atoms with E-state index in [1.807, 2.05) is 12.4 Å². The van der Waals surface area contributed by atoms with Gasteiger partial charge in [-0.05, 0) is 56.9 Å². The van der Waals surface area contributed by atoms with Gasteiger partial charge in [0.2, 0.25) is 0 Å². The summed E-state index contributed by atoms with van der Waals surface area (Å²) < 4.78 is 0. The Morgan fingerprint density at radius 1 is 0.433 bits per heavy atom. The van der Waals surface area contributed by atoms with Crippen molar-refractivity contribution in [2.75, 3.05) is 0 Å². The quantitative estimate of drug-likeness (QED) is 0.368. The van der Waals surface area contributed by atoms with Gasteiger partial charge in [-0.3, -0.25) is 0 Å². The fourth-order valence-electron chi connectivity index (χ4n) is 4.01. The fourth-order valence-corrected chi connectivity index (χ4v) is 4.01. The van der Waals surface area contributed by atoms with Gasteiger partial charge in [-0.25, -0.2) is 9.97 Å². The summed E-state index contributed by atoms with van der Waals surface area (Å²) in [5.74, 6) is 0. The number of aromatic nitrogens is 4. The van der Waals surface area contributed by atoms with Gasteiger partial charge in [-0.1, -0.05) is 48.5 Å². The molecule has 6 rings (SSSR count). The van der Waals surface area contributed by atoms with Crippen LogP contribution in [0.25, 0.3) is 55.2 Å². The third-order valence-corrected chi connectivity index (χ3v) is 5.63. The zero-order valence-corrected chi connectivity index (χ0v) is 16.1. The highest BCUT2D eigenvalue weighted by Crippen LogP contribution is 2.31. The maximum Gasteiger partial charge on any atom is 0.0924 e. The molecule has 4 aromatic carbocycles. The van der Waals surface area contributed by atoms with Gasteiger partial charge in [0.15, 0.2) is 0 Å². The molecule has 2 N–H and O–H groups in total. The number of imidazole rings is 2. The minimum Gasteiger partial charge on any atom is -0.345 e. The fraction of sp³-hybridized carbons (Fsp3) is 0. The van der Waals surface area contributed by atoms with Crippen LogP contribution < -0.4 is 0 Å². The monoisotopic (exact) mass is 386 g/mol. The molecular formula is C26H18N4. The van der Waals surface area contributed by atoms with E-state index in [1.165, 1.54) is 32.7 Å². The largest absolute Gasteiger partial charge is 0.345 e. The molecule has 4 heteroatoms. The molecule has 0 spiro atoms. The molecular weight excluding hydrogens is 368 g/mol. The summed E-state index contributed by atoms with van der Waals surface area (Å²) in [5.41, 5.74) is 6.79. The molecule has 0 aliphatic heterocycles. The number of rotatable bonds is 3. The molecule has 2 heterocycles. The van der Waals surface area contributed by atoms with E-state index >= 15 is 0 Å². The molecule has 0 fully saturated rings. The molecule has 0 radical (unpaired) electrons. The van der Waals surface area contributed by atoms with Crippen LogP contribution in [0.15, 0.2) is 97.8 Å². The second-order valence-corrected chi connectivity index (χ2v) is 7.48. The van der Waals surface area contributed by atoms with Gasteiger partial charge in [0, 0.05) is 11.1 Å². The van der Waals surface area contributed by atoms with Crippen LogP contribution in [0, 0.1) is 0 Å². The highest BCUT2D eigenvalue weighted by Gasteiger charge is 2.06. The summed E-state index contributed by atoms with van der Waals surface area (Å²) >= 11 is 0. The van der Waals surface area contributed by atoms with Crippen LogP contribution in [-0.4, -0.2) is 19.9 Å². The Labute approximate surface area is 173 Å². The SMILES string of the molecule is c1ncc(-c2ccc3cc(-c4ccc5cc(-c6cnc[nH]6)ccc5c4)ccc3c2)[nH]1. The Kier molecular flexibility index (Phi) is 3.74. The van der Waals surface area contributed by atoms with Gasteiger partial charge in [0.05, 0.1) is 36.4 Å². The number of nitrogens with zero attached hydrogens (tertiary/aromatic N) is 2. The van der Waals surface area contributed by atoms with Gasteiger partial charge in [0.1, 0.15) is 0 Å². The molecule has 2 aromatic heterocycles. The summed E-state index contributed by atoms with van der Waals surface area (Å²) in [5, 5.41) is 4.89. The van der Waals surface area contributed by atoms with Crippen LogP contribution >= 0.6 is 0 Å². The third-order valence-electron chi connectivity index (χ3n) is 5.63. The van der Waals surface area contributed by atoms with Gasteiger partial charge >= 0.3 is 0 Å². The van der Waals surface area contributed by atoms with E-state index in [9.17, 15) is 0 Å². The Morgan fingerprint density at radius 2 is 0.800 bits per heavy atom. The van der Waals surface area contributed by atoms with Gasteiger partial charge in [-0.15, -0.1) is 0 Å². The van der Waals surface area contributed by atoms with E-state index in [0.29, 0.717) is 0 Å². The third kappa shape index (κ3) is 2.86. The molecule has 30 heavy (non-hydrogen) atoms. The number of benzene rings is 4. The molecule has 0 atom stereocenters. The number of nitrogens with one attached hydrogen (secondary N) is 2. The highest BCUT2D eigenvalue weighted by molar-refractivity contribution is 5.94. The van der Waals surface area contributed by atoms with Crippen LogP contribution in [0.1, 0.15) is 0 Å². The molecule has 0 aliphatic carbocycles. The lowest BCUT2D eigenvalue weighted by molar-refractivity contribution is 1.31. The molecule has 0 unspecified atom stereocenters. The molecule has 142 valence electrons. The molecule has 4 nitrogen and oxygen atoms in total. The lowest BCUT2D eigenvalue weighted by Gasteiger charge is -2.08. The number of hydrogen-bond donors (Lipinski definition) is 2. The first-order chi connectivity index (χ1) is 14.8. The van der Waals surface area contributed by atoms with Crippen molar-refractivity contribution >= 4 is 21.5 Å². The molecule has 0 aliphatic rings. The first-order valence-electron chi connectivity index (χ1n) is 9.89. The van der Waals surface area contributed by atoms with Crippen molar-refractivity contribution in [3.05, 3.63) is 97.8 Å². The van der Waals surface area contributed by atoms with Crippen LogP contribution in [0.2, 0.25) is 0 Å². The first-order valence-corrected chi connectivity index (χ1v) is 9.89. The van der Waals surface area contributed by atoms with E-state index in [1.54, 1.807) is 12.7 Å². The summed E-state index contributed by atoms with van der Waals surface area (Å²) in [6, 6.07) is 26.3. The van der Waals surface area contributed by atoms with Crippen molar-refractivity contribution < 1.29 is 0 Å². The average molecular weight is 386 g/mol. The van der Waals surface area contributed by atoms with Crippen molar-refractivity contribution in [2.45, 2.75) is 0 Å². The van der Waals surface area contributed by atoms with Crippen molar-refractivity contribution in [2.24, 2.45) is 0 Å². The number of H-pyrrole nitrogens is 2. The van der Waals surface area contributed by atoms with Crippen molar-refractivity contribution in [1.29, 1.82) is 0 Å². The zero-order chi connectivity index (χ0) is 19.9. The standard InChI is InChI=1S/C26H18N4/c1-3-21-11-23(25-13-27-15-29-25)7-5-19(21)9-17(1)18-2-4-22-12-24(8-6-20(22)10-18)26-14-28-16-30-26/h1-16H,(H,27,29)(H,28,30). The maximum absolute atomic E-state index is 4.12. The summed E-state index contributed by atoms with van der Waals surface area (Å²) in [6.45, 7) is 0. The van der Waals surface area contributed by atoms with Crippen LogP contribution in [0.3, 0.4) is 0 Å². The molecule has 0 saturated heterocycles. The smallest absolute Gasteiger partial charge is 0.0924 e. The topological polar surface area (TPSA) is 57.4 Å². The summed E-state index contributed by atoms with van der Waals surface area (Å²) in [7, 11) is 0. The molecule has 0 bridgehead atoms. The van der Waals surface area contributed by atoms with Crippen LogP contribution in [-0.2, 0) is 0 Å². The lowest BCUT2D eigenvalue weighted by atomic mass is 9.97. The van der Waals surface area contributed by atoms with E-state index < -0.39 is 0 Å². The Balaban J connectivity index is 1.38. The second-order valence-electron chi connectivity index (χ2n) is 7.48. The predicted octanol–water partition coefficient (Wildman–Crippen LogP) is 6.44. The van der Waals surface area contributed by atoms with E-state index in [2.05, 4.69) is 92.7 Å². The summed E-state index contributed by atoms with van der Waals surface area (Å²) in [4.78, 5) is 14.6. The molecule has 0 saturated carbocycles. The minimum atomic E-state index is 1.03. The van der Waals surface area contributed by atoms with E-state index in [0.717, 1.165) is 22.5 Å². The number of aromatic amines is 2. The Bertz CT molecular complexity index is 1360. The summed E-state index contributed by atoms with van der Waals surface area (Å²) in [6.07, 6.45) is 7.12. The maximum atomic E-state index is 4.12. The first kappa shape index (κ1) is 16.7. The van der Waals surface area contributed by atoms with E-state index in [4.69, 9.17) is 0 Å². The predicted molar refractivity (Wildman–Crippen MR) is 122 cm³/mol. The van der Waals surface area contributed by atoms with Gasteiger partial charge in [0.25, 0.3) is 0 Å². The van der Waals surface area contributed by atoms with Gasteiger partial charge < -0.3 is 9.97 Å². The van der Waals surface area contributed by atoms with Crippen LogP contribution in [0.5, 0.6) is 0 Å². The number of fused-ring (bicyclic) bond motifs is 2. The Hall–Kier alpha value is -4.18. The minimum absolute atomic E-state index is 1.03. The van der Waals surface area contributed by atoms with Crippen LogP contribution in [0.4, 0.5) is 0 Å². The van der Waals surface area contributed by atoms with Crippen molar-refractivity contribution in [3.63, 3.8) is 0 Å². The Morgan fingerprint density at radius 3 is 1.17 bits per heavy atom. The average Bonchev–Trinajstić information content (AvgIpc) is 3.52. The molecule has 6 aromatic rings. The lowest BCUT2D eigenvalue weighted by Crippen LogP contribution is -1.83. The van der Waals surface area contributed by atoms with Gasteiger partial charge in [-0.2, -0.15) is 0 Å². The van der Waals surface area contributed by atoms with Crippen molar-refractivity contribution in [3.8, 4) is 33.6 Å². The van der Waals surface area contributed by atoms with Crippen molar-refractivity contribution in [1.82, 2.24) is 19.9 Å². The normalized spacial score (nSPS) is 11.3. The zero-order valence-electron chi connectivity index (χ0n) is 16.1. The van der Waals surface area contributed by atoms with E-state index in [-0.39, 0.29) is 0 Å². The molecule has 0 amide bonds. The number of hydrogen-bond acceptors (Lipinski definition) is 2. The second kappa shape index (κ2) is 6.71.